The lowest BCUT2D eigenvalue weighted by atomic mass is 9.94. The highest BCUT2D eigenvalue weighted by Crippen LogP contribution is 2.23. The van der Waals surface area contributed by atoms with Crippen molar-refractivity contribution in [3.63, 3.8) is 0 Å². The Labute approximate surface area is 152 Å². The molecule has 0 saturated carbocycles. The van der Waals surface area contributed by atoms with Crippen LogP contribution in [-0.4, -0.2) is 17.4 Å². The topological polar surface area (TPSA) is 33.5 Å². The van der Waals surface area contributed by atoms with Crippen LogP contribution in [0.5, 0.6) is 0 Å². The summed E-state index contributed by atoms with van der Waals surface area (Å²) in [6, 6.07) is 16.2. The van der Waals surface area contributed by atoms with E-state index in [0.29, 0.717) is 13.1 Å². The van der Waals surface area contributed by atoms with Crippen LogP contribution >= 0.6 is 11.3 Å². The molecule has 3 nitrogen and oxygen atoms in total. The Morgan fingerprint density at radius 2 is 2.00 bits per heavy atom. The van der Waals surface area contributed by atoms with Crippen LogP contribution in [0.1, 0.15) is 35.3 Å². The number of carbonyl (C=O) groups excluding carboxylic acids is 1. The zero-order valence-electron chi connectivity index (χ0n) is 14.4. The van der Waals surface area contributed by atoms with Gasteiger partial charge in [-0.3, -0.25) is 4.79 Å². The van der Waals surface area contributed by atoms with Gasteiger partial charge in [-0.1, -0.05) is 43.3 Å². The minimum Gasteiger partial charge on any atom is -0.472 e. The quantitative estimate of drug-likeness (QED) is 0.564. The third-order valence-corrected chi connectivity index (χ3v) is 5.32. The van der Waals surface area contributed by atoms with Crippen molar-refractivity contribution < 1.29 is 9.21 Å². The van der Waals surface area contributed by atoms with Gasteiger partial charge in [0.15, 0.2) is 0 Å². The molecule has 4 heteroatoms. The molecule has 1 unspecified atom stereocenters. The number of nitrogens with zero attached hydrogens (tertiary/aromatic N) is 1. The Kier molecular flexibility index (Phi) is 6.07. The van der Waals surface area contributed by atoms with Gasteiger partial charge in [0.25, 0.3) is 0 Å². The maximum atomic E-state index is 13.3. The Morgan fingerprint density at radius 3 is 2.64 bits per heavy atom. The third-order valence-electron chi connectivity index (χ3n) is 4.38. The van der Waals surface area contributed by atoms with Crippen molar-refractivity contribution in [3.8, 4) is 0 Å². The van der Waals surface area contributed by atoms with Gasteiger partial charge in [-0.2, -0.15) is 0 Å². The molecule has 2 aromatic heterocycles. The molecule has 0 aliphatic rings. The van der Waals surface area contributed by atoms with Crippen LogP contribution in [0.25, 0.3) is 0 Å². The molecule has 25 heavy (non-hydrogen) atoms. The fraction of sp³-hybridized carbons (Fsp3) is 0.286. The molecule has 0 spiro atoms. The third kappa shape index (κ3) is 4.60. The SMILES string of the molecule is CCC(C(=O)N(CCc1cccs1)Cc1ccoc1)c1ccccc1. The van der Waals surface area contributed by atoms with Crippen molar-refractivity contribution in [1.82, 2.24) is 4.90 Å². The van der Waals surface area contributed by atoms with Crippen LogP contribution in [0.4, 0.5) is 0 Å². The molecule has 0 fully saturated rings. The number of furan rings is 1. The number of rotatable bonds is 8. The van der Waals surface area contributed by atoms with Gasteiger partial charge in [-0.25, -0.2) is 0 Å². The minimum absolute atomic E-state index is 0.101. The highest BCUT2D eigenvalue weighted by Gasteiger charge is 2.24. The summed E-state index contributed by atoms with van der Waals surface area (Å²) in [5.41, 5.74) is 2.12. The number of amides is 1. The predicted molar refractivity (Wildman–Crippen MR) is 102 cm³/mol. The molecular weight excluding hydrogens is 330 g/mol. The van der Waals surface area contributed by atoms with Crippen molar-refractivity contribution in [2.45, 2.75) is 32.2 Å². The monoisotopic (exact) mass is 353 g/mol. The van der Waals surface area contributed by atoms with Crippen molar-refractivity contribution in [3.05, 3.63) is 82.4 Å². The lowest BCUT2D eigenvalue weighted by Gasteiger charge is -2.27. The van der Waals surface area contributed by atoms with Crippen LogP contribution < -0.4 is 0 Å². The summed E-state index contributed by atoms with van der Waals surface area (Å²) in [6.45, 7) is 3.38. The van der Waals surface area contributed by atoms with Crippen LogP contribution in [0.15, 0.2) is 70.9 Å². The summed E-state index contributed by atoms with van der Waals surface area (Å²) in [6.07, 6.45) is 5.05. The van der Waals surface area contributed by atoms with E-state index >= 15 is 0 Å². The largest absolute Gasteiger partial charge is 0.472 e. The van der Waals surface area contributed by atoms with Gasteiger partial charge in [0.1, 0.15) is 0 Å². The molecule has 130 valence electrons. The summed E-state index contributed by atoms with van der Waals surface area (Å²) < 4.78 is 5.18. The molecule has 0 saturated heterocycles. The Balaban J connectivity index is 1.77. The summed E-state index contributed by atoms with van der Waals surface area (Å²) in [4.78, 5) is 16.5. The van der Waals surface area contributed by atoms with Crippen LogP contribution in [0.2, 0.25) is 0 Å². The molecule has 1 amide bonds. The first-order chi connectivity index (χ1) is 12.3. The van der Waals surface area contributed by atoms with Gasteiger partial charge >= 0.3 is 0 Å². The molecule has 0 aliphatic carbocycles. The van der Waals surface area contributed by atoms with Crippen molar-refractivity contribution in [1.29, 1.82) is 0 Å². The minimum atomic E-state index is -0.101. The normalized spacial score (nSPS) is 12.0. The molecular formula is C21H23NO2S. The molecule has 0 aliphatic heterocycles. The molecule has 0 bridgehead atoms. The van der Waals surface area contributed by atoms with Gasteiger partial charge in [0.2, 0.25) is 5.91 Å². The Morgan fingerprint density at radius 1 is 1.16 bits per heavy atom. The maximum absolute atomic E-state index is 13.3. The van der Waals surface area contributed by atoms with E-state index in [0.717, 1.165) is 24.0 Å². The lowest BCUT2D eigenvalue weighted by Crippen LogP contribution is -2.36. The lowest BCUT2D eigenvalue weighted by molar-refractivity contribution is -0.133. The number of benzene rings is 1. The fourth-order valence-electron chi connectivity index (χ4n) is 3.03. The van der Waals surface area contributed by atoms with E-state index in [2.05, 4.69) is 24.4 Å². The van der Waals surface area contributed by atoms with Crippen LogP contribution in [0, 0.1) is 0 Å². The van der Waals surface area contributed by atoms with Crippen LogP contribution in [-0.2, 0) is 17.8 Å². The van der Waals surface area contributed by atoms with E-state index in [1.54, 1.807) is 23.9 Å². The number of thiophene rings is 1. The first-order valence-electron chi connectivity index (χ1n) is 8.65. The second-order valence-corrected chi connectivity index (χ2v) is 7.12. The van der Waals surface area contributed by atoms with Gasteiger partial charge in [-0.05, 0) is 35.9 Å². The second-order valence-electron chi connectivity index (χ2n) is 6.09. The van der Waals surface area contributed by atoms with E-state index in [9.17, 15) is 4.79 Å². The van der Waals surface area contributed by atoms with E-state index in [1.807, 2.05) is 41.3 Å². The van der Waals surface area contributed by atoms with Gasteiger partial charge in [-0.15, -0.1) is 11.3 Å². The van der Waals surface area contributed by atoms with E-state index in [4.69, 9.17) is 4.42 Å². The maximum Gasteiger partial charge on any atom is 0.230 e. The number of hydrogen-bond donors (Lipinski definition) is 0. The molecule has 3 rings (SSSR count). The Bertz CT molecular complexity index is 751. The van der Waals surface area contributed by atoms with E-state index < -0.39 is 0 Å². The Hall–Kier alpha value is -2.33. The molecule has 3 aromatic rings. The first-order valence-corrected chi connectivity index (χ1v) is 9.53. The molecule has 1 atom stereocenters. The summed E-state index contributed by atoms with van der Waals surface area (Å²) in [5.74, 6) is 0.0860. The molecule has 0 radical (unpaired) electrons. The number of hydrogen-bond acceptors (Lipinski definition) is 3. The zero-order chi connectivity index (χ0) is 17.5. The van der Waals surface area contributed by atoms with Crippen LogP contribution in [0.3, 0.4) is 0 Å². The first kappa shape index (κ1) is 17.5. The van der Waals surface area contributed by atoms with Gasteiger partial charge in [0.05, 0.1) is 18.4 Å². The highest BCUT2D eigenvalue weighted by molar-refractivity contribution is 7.09. The standard InChI is InChI=1S/C21H23NO2S/c1-2-20(18-7-4-3-5-8-18)21(23)22(15-17-11-13-24-16-17)12-10-19-9-6-14-25-19/h3-9,11,13-14,16,20H,2,10,12,15H2,1H3. The van der Waals surface area contributed by atoms with Crippen molar-refractivity contribution >= 4 is 17.2 Å². The zero-order valence-corrected chi connectivity index (χ0v) is 15.2. The fourth-order valence-corrected chi connectivity index (χ4v) is 3.73. The predicted octanol–water partition coefficient (Wildman–Crippen LogP) is 5.11. The van der Waals surface area contributed by atoms with Gasteiger partial charge in [0, 0.05) is 23.5 Å². The number of carbonyl (C=O) groups is 1. The van der Waals surface area contributed by atoms with E-state index in [-0.39, 0.29) is 11.8 Å². The molecule has 1 aromatic carbocycles. The second kappa shape index (κ2) is 8.67. The molecule has 0 N–H and O–H groups in total. The van der Waals surface area contributed by atoms with Gasteiger partial charge < -0.3 is 9.32 Å². The summed E-state index contributed by atoms with van der Waals surface area (Å²) in [5, 5.41) is 2.08. The summed E-state index contributed by atoms with van der Waals surface area (Å²) >= 11 is 1.74. The molecule has 2 heterocycles. The highest BCUT2D eigenvalue weighted by atomic mass is 32.1. The smallest absolute Gasteiger partial charge is 0.230 e. The van der Waals surface area contributed by atoms with Crippen molar-refractivity contribution in [2.75, 3.05) is 6.54 Å². The van der Waals surface area contributed by atoms with Crippen molar-refractivity contribution in [2.24, 2.45) is 0 Å². The average Bonchev–Trinajstić information content (AvgIpc) is 3.34. The average molecular weight is 353 g/mol. The van der Waals surface area contributed by atoms with E-state index in [1.165, 1.54) is 4.88 Å². The summed E-state index contributed by atoms with van der Waals surface area (Å²) in [7, 11) is 0.